The average molecular weight is 319 g/mol. The zero-order chi connectivity index (χ0) is 16.8. The second-order valence-corrected chi connectivity index (χ2v) is 4.54. The Hall–Kier alpha value is -2.96. The highest BCUT2D eigenvalue weighted by Crippen LogP contribution is 2.32. The summed E-state index contributed by atoms with van der Waals surface area (Å²) in [4.78, 5) is 21.8. The molecule has 2 aromatic carbocycles. The Labute approximate surface area is 131 Å². The number of nitro benzene ring substituents is 1. The molecule has 0 saturated heterocycles. The molecule has 0 fully saturated rings. The van der Waals surface area contributed by atoms with Crippen LogP contribution in [0.4, 0.5) is 10.1 Å². The van der Waals surface area contributed by atoms with Crippen LogP contribution in [0.5, 0.6) is 5.75 Å². The monoisotopic (exact) mass is 319 g/mol. The third kappa shape index (κ3) is 4.26. The molecule has 0 radical (unpaired) electrons. The van der Waals surface area contributed by atoms with Crippen LogP contribution in [0.3, 0.4) is 0 Å². The highest BCUT2D eigenvalue weighted by Gasteiger charge is 2.18. The van der Waals surface area contributed by atoms with E-state index in [1.807, 2.05) is 0 Å². The minimum atomic E-state index is -0.622. The van der Waals surface area contributed by atoms with Crippen LogP contribution >= 0.6 is 0 Å². The molecule has 0 aromatic heterocycles. The van der Waals surface area contributed by atoms with Crippen molar-refractivity contribution in [3.8, 4) is 16.9 Å². The summed E-state index contributed by atoms with van der Waals surface area (Å²) in [6.07, 6.45) is 0. The summed E-state index contributed by atoms with van der Waals surface area (Å²) in [7, 11) is 0. The van der Waals surface area contributed by atoms with Gasteiger partial charge in [0.2, 0.25) is 0 Å². The lowest BCUT2D eigenvalue weighted by atomic mass is 10.0. The first-order valence-corrected chi connectivity index (χ1v) is 6.84. The number of rotatable bonds is 6. The fourth-order valence-corrected chi connectivity index (χ4v) is 1.97. The molecule has 0 bridgehead atoms. The molecular formula is C16H14FNO5. The van der Waals surface area contributed by atoms with E-state index >= 15 is 0 Å². The highest BCUT2D eigenvalue weighted by molar-refractivity contribution is 5.72. The Morgan fingerprint density at radius 2 is 1.96 bits per heavy atom. The standard InChI is InChI=1S/C16H14FNO5/c1-2-22-16(19)10-23-15-7-6-12(9-14(15)18(20)21)11-4-3-5-13(17)8-11/h3-9H,2,10H2,1H3. The number of hydrogen-bond acceptors (Lipinski definition) is 5. The second-order valence-electron chi connectivity index (χ2n) is 4.54. The third-order valence-corrected chi connectivity index (χ3v) is 2.96. The topological polar surface area (TPSA) is 78.7 Å². The van der Waals surface area contributed by atoms with Gasteiger partial charge in [-0.15, -0.1) is 0 Å². The lowest BCUT2D eigenvalue weighted by Gasteiger charge is -2.08. The zero-order valence-corrected chi connectivity index (χ0v) is 12.3. The first-order chi connectivity index (χ1) is 11.0. The molecule has 2 rings (SSSR count). The Morgan fingerprint density at radius 1 is 1.22 bits per heavy atom. The number of halogens is 1. The maximum absolute atomic E-state index is 13.3. The van der Waals surface area contributed by atoms with E-state index in [1.54, 1.807) is 19.1 Å². The molecule has 0 amide bonds. The van der Waals surface area contributed by atoms with Gasteiger partial charge >= 0.3 is 11.7 Å². The number of hydrogen-bond donors (Lipinski definition) is 0. The molecule has 0 unspecified atom stereocenters. The maximum Gasteiger partial charge on any atom is 0.344 e. The van der Waals surface area contributed by atoms with Crippen molar-refractivity contribution in [3.05, 3.63) is 58.4 Å². The summed E-state index contributed by atoms with van der Waals surface area (Å²) >= 11 is 0. The Morgan fingerprint density at radius 3 is 2.61 bits per heavy atom. The molecule has 6 nitrogen and oxygen atoms in total. The van der Waals surface area contributed by atoms with E-state index in [1.165, 1.54) is 30.3 Å². The van der Waals surface area contributed by atoms with Gasteiger partial charge in [0.25, 0.3) is 0 Å². The first-order valence-electron chi connectivity index (χ1n) is 6.84. The SMILES string of the molecule is CCOC(=O)COc1ccc(-c2cccc(F)c2)cc1[N+](=O)[O-]. The molecule has 2 aromatic rings. The molecule has 0 atom stereocenters. The van der Waals surface area contributed by atoms with E-state index in [2.05, 4.69) is 0 Å². The van der Waals surface area contributed by atoms with Gasteiger partial charge in [0, 0.05) is 6.07 Å². The number of carbonyl (C=O) groups excluding carboxylic acids is 1. The van der Waals surface area contributed by atoms with Gasteiger partial charge < -0.3 is 9.47 Å². The molecule has 23 heavy (non-hydrogen) atoms. The van der Waals surface area contributed by atoms with E-state index in [0.717, 1.165) is 0 Å². The highest BCUT2D eigenvalue weighted by atomic mass is 19.1. The smallest absolute Gasteiger partial charge is 0.344 e. The summed E-state index contributed by atoms with van der Waals surface area (Å²) in [5.74, 6) is -1.10. The van der Waals surface area contributed by atoms with Gasteiger partial charge in [-0.1, -0.05) is 18.2 Å². The summed E-state index contributed by atoms with van der Waals surface area (Å²) in [5, 5.41) is 11.2. The minimum Gasteiger partial charge on any atom is -0.475 e. The van der Waals surface area contributed by atoms with Crippen LogP contribution in [0.1, 0.15) is 6.92 Å². The van der Waals surface area contributed by atoms with E-state index in [-0.39, 0.29) is 18.0 Å². The van der Waals surface area contributed by atoms with Crippen molar-refractivity contribution in [1.29, 1.82) is 0 Å². The van der Waals surface area contributed by atoms with Crippen LogP contribution in [0.25, 0.3) is 11.1 Å². The Bertz CT molecular complexity index is 732. The number of ether oxygens (including phenoxy) is 2. The van der Waals surface area contributed by atoms with Crippen molar-refractivity contribution in [1.82, 2.24) is 0 Å². The molecular weight excluding hydrogens is 305 g/mol. The van der Waals surface area contributed by atoms with Gasteiger partial charge in [-0.3, -0.25) is 10.1 Å². The molecule has 120 valence electrons. The molecule has 0 saturated carbocycles. The number of nitrogens with zero attached hydrogens (tertiary/aromatic N) is 1. The van der Waals surface area contributed by atoms with Crippen molar-refractivity contribution in [2.75, 3.05) is 13.2 Å². The predicted octanol–water partition coefficient (Wildman–Crippen LogP) is 3.34. The Kier molecular flexibility index (Phi) is 5.24. The van der Waals surface area contributed by atoms with Gasteiger partial charge in [-0.25, -0.2) is 9.18 Å². The van der Waals surface area contributed by atoms with E-state index in [0.29, 0.717) is 11.1 Å². The molecule has 0 aliphatic rings. The molecule has 0 aliphatic carbocycles. The number of benzene rings is 2. The van der Waals surface area contributed by atoms with Crippen molar-refractivity contribution < 1.29 is 23.6 Å². The average Bonchev–Trinajstić information content (AvgIpc) is 2.53. The number of nitro groups is 1. The summed E-state index contributed by atoms with van der Waals surface area (Å²) < 4.78 is 23.1. The predicted molar refractivity (Wildman–Crippen MR) is 80.6 cm³/mol. The first kappa shape index (κ1) is 16.4. The maximum atomic E-state index is 13.3. The summed E-state index contributed by atoms with van der Waals surface area (Å²) in [6, 6.07) is 9.92. The van der Waals surface area contributed by atoms with Crippen LogP contribution in [-0.4, -0.2) is 24.1 Å². The van der Waals surface area contributed by atoms with Gasteiger partial charge in [-0.2, -0.15) is 0 Å². The molecule has 0 aliphatic heterocycles. The van der Waals surface area contributed by atoms with Crippen LogP contribution in [0.2, 0.25) is 0 Å². The van der Waals surface area contributed by atoms with Crippen LogP contribution in [0, 0.1) is 15.9 Å². The van der Waals surface area contributed by atoms with Crippen molar-refractivity contribution in [2.45, 2.75) is 6.92 Å². The van der Waals surface area contributed by atoms with Crippen LogP contribution in [0.15, 0.2) is 42.5 Å². The molecule has 0 heterocycles. The number of carbonyl (C=O) groups is 1. The van der Waals surface area contributed by atoms with Gasteiger partial charge in [0.05, 0.1) is 11.5 Å². The van der Waals surface area contributed by atoms with E-state index in [9.17, 15) is 19.3 Å². The lowest BCUT2D eigenvalue weighted by Crippen LogP contribution is -2.15. The Balaban J connectivity index is 2.28. The van der Waals surface area contributed by atoms with Crippen molar-refractivity contribution in [2.24, 2.45) is 0 Å². The molecule has 7 heteroatoms. The minimum absolute atomic E-state index is 0.0526. The molecule has 0 spiro atoms. The second kappa shape index (κ2) is 7.35. The van der Waals surface area contributed by atoms with Crippen molar-refractivity contribution in [3.63, 3.8) is 0 Å². The fraction of sp³-hybridized carbons (Fsp3) is 0.188. The van der Waals surface area contributed by atoms with Crippen LogP contribution < -0.4 is 4.74 Å². The van der Waals surface area contributed by atoms with Crippen LogP contribution in [-0.2, 0) is 9.53 Å². The van der Waals surface area contributed by atoms with Crippen molar-refractivity contribution >= 4 is 11.7 Å². The number of esters is 1. The van der Waals surface area contributed by atoms with Gasteiger partial charge in [0.15, 0.2) is 12.4 Å². The van der Waals surface area contributed by atoms with E-state index in [4.69, 9.17) is 9.47 Å². The lowest BCUT2D eigenvalue weighted by molar-refractivity contribution is -0.385. The third-order valence-electron chi connectivity index (χ3n) is 2.96. The van der Waals surface area contributed by atoms with Gasteiger partial charge in [-0.05, 0) is 36.2 Å². The quantitative estimate of drug-likeness (QED) is 0.463. The normalized spacial score (nSPS) is 10.2. The fourth-order valence-electron chi connectivity index (χ4n) is 1.97. The van der Waals surface area contributed by atoms with Gasteiger partial charge in [0.1, 0.15) is 5.82 Å². The molecule has 0 N–H and O–H groups in total. The summed E-state index contributed by atoms with van der Waals surface area (Å²) in [6.45, 7) is 1.42. The largest absolute Gasteiger partial charge is 0.475 e. The summed E-state index contributed by atoms with van der Waals surface area (Å²) in [5.41, 5.74) is 0.667. The van der Waals surface area contributed by atoms with E-state index < -0.39 is 23.3 Å². The zero-order valence-electron chi connectivity index (χ0n) is 12.3.